The number of aromatic nitrogens is 2. The Morgan fingerprint density at radius 2 is 1.97 bits per heavy atom. The topological polar surface area (TPSA) is 128 Å². The molecule has 0 spiro atoms. The van der Waals surface area contributed by atoms with Gasteiger partial charge in [0.1, 0.15) is 18.8 Å². The molecular formula is C21H22ClN3O7. The van der Waals surface area contributed by atoms with Crippen molar-refractivity contribution < 1.29 is 33.7 Å². The number of ether oxygens (including phenoxy) is 3. The van der Waals surface area contributed by atoms with E-state index in [4.69, 9.17) is 30.9 Å². The first-order valence-electron chi connectivity index (χ1n) is 9.93. The minimum absolute atomic E-state index is 0.0671. The summed E-state index contributed by atoms with van der Waals surface area (Å²) < 4.78 is 16.1. The second-order valence-electron chi connectivity index (χ2n) is 7.13. The van der Waals surface area contributed by atoms with Crippen molar-refractivity contribution in [3.8, 4) is 17.4 Å². The SMILES string of the molecule is CCOC(=O)CN(CC(=O)O)C(=O)Oc1cc(Cl)nnc1Oc1c(C)cccc1C1CC1. The zero-order valence-corrected chi connectivity index (χ0v) is 18.3. The third-order valence-electron chi connectivity index (χ3n) is 4.56. The summed E-state index contributed by atoms with van der Waals surface area (Å²) in [6.45, 7) is 2.17. The molecular weight excluding hydrogens is 442 g/mol. The van der Waals surface area contributed by atoms with Crippen LogP contribution in [0.3, 0.4) is 0 Å². The first-order chi connectivity index (χ1) is 15.3. The molecule has 2 aromatic rings. The number of rotatable bonds is 9. The first-order valence-corrected chi connectivity index (χ1v) is 10.3. The van der Waals surface area contributed by atoms with Gasteiger partial charge in [0.25, 0.3) is 5.88 Å². The Bertz CT molecular complexity index is 1030. The standard InChI is InChI=1S/C21H22ClN3O7/c1-3-30-18(28)11-25(10-17(26)27)21(29)31-15-9-16(22)23-24-20(15)32-19-12(2)5-4-6-14(19)13-7-8-13/h4-6,9,13H,3,7-8,10-11H2,1-2H3,(H,26,27). The fourth-order valence-corrected chi connectivity index (χ4v) is 3.12. The van der Waals surface area contributed by atoms with Gasteiger partial charge in [-0.1, -0.05) is 29.8 Å². The van der Waals surface area contributed by atoms with Crippen molar-refractivity contribution >= 4 is 29.6 Å². The molecule has 1 fully saturated rings. The van der Waals surface area contributed by atoms with Gasteiger partial charge in [-0.2, -0.15) is 0 Å². The normalized spacial score (nSPS) is 12.7. The summed E-state index contributed by atoms with van der Waals surface area (Å²) in [5.41, 5.74) is 1.87. The van der Waals surface area contributed by atoms with Crippen LogP contribution in [0.2, 0.25) is 5.15 Å². The number of carbonyl (C=O) groups excluding carboxylic acids is 2. The van der Waals surface area contributed by atoms with Gasteiger partial charge in [0.05, 0.1) is 6.61 Å². The highest BCUT2D eigenvalue weighted by Gasteiger charge is 2.29. The minimum Gasteiger partial charge on any atom is -0.480 e. The monoisotopic (exact) mass is 463 g/mol. The minimum atomic E-state index is -1.33. The molecule has 0 aliphatic heterocycles. The summed E-state index contributed by atoms with van der Waals surface area (Å²) in [5.74, 6) is -1.43. The molecule has 0 saturated heterocycles. The zero-order chi connectivity index (χ0) is 23.3. The van der Waals surface area contributed by atoms with Gasteiger partial charge in [-0.05, 0) is 43.7 Å². The maximum Gasteiger partial charge on any atom is 0.416 e. The van der Waals surface area contributed by atoms with Crippen LogP contribution in [0, 0.1) is 6.92 Å². The second-order valence-corrected chi connectivity index (χ2v) is 7.52. The molecule has 10 nitrogen and oxygen atoms in total. The molecule has 32 heavy (non-hydrogen) atoms. The Morgan fingerprint density at radius 1 is 1.22 bits per heavy atom. The van der Waals surface area contributed by atoms with Crippen LogP contribution < -0.4 is 9.47 Å². The third-order valence-corrected chi connectivity index (χ3v) is 4.75. The smallest absolute Gasteiger partial charge is 0.416 e. The molecule has 0 radical (unpaired) electrons. The van der Waals surface area contributed by atoms with Crippen molar-refractivity contribution in [2.45, 2.75) is 32.6 Å². The average molecular weight is 464 g/mol. The highest BCUT2D eigenvalue weighted by Crippen LogP contribution is 2.46. The molecule has 3 rings (SSSR count). The van der Waals surface area contributed by atoms with Crippen molar-refractivity contribution in [3.63, 3.8) is 0 Å². The molecule has 1 aromatic heterocycles. The van der Waals surface area contributed by atoms with Gasteiger partial charge < -0.3 is 19.3 Å². The number of aryl methyl sites for hydroxylation is 1. The lowest BCUT2D eigenvalue weighted by Gasteiger charge is -2.20. The van der Waals surface area contributed by atoms with E-state index in [1.54, 1.807) is 6.92 Å². The molecule has 1 saturated carbocycles. The van der Waals surface area contributed by atoms with Crippen LogP contribution in [-0.4, -0.2) is 57.9 Å². The number of carboxylic acid groups (broad SMARTS) is 1. The van der Waals surface area contributed by atoms with E-state index < -0.39 is 31.1 Å². The van der Waals surface area contributed by atoms with E-state index in [0.717, 1.165) is 24.0 Å². The Balaban J connectivity index is 1.85. The molecule has 1 N–H and O–H groups in total. The van der Waals surface area contributed by atoms with Crippen molar-refractivity contribution in [2.75, 3.05) is 19.7 Å². The van der Waals surface area contributed by atoms with Crippen molar-refractivity contribution in [3.05, 3.63) is 40.5 Å². The van der Waals surface area contributed by atoms with Gasteiger partial charge in [0, 0.05) is 6.07 Å². The van der Waals surface area contributed by atoms with E-state index in [0.29, 0.717) is 16.6 Å². The van der Waals surface area contributed by atoms with Crippen LogP contribution >= 0.6 is 11.6 Å². The molecule has 0 atom stereocenters. The lowest BCUT2D eigenvalue weighted by molar-refractivity contribution is -0.145. The number of esters is 1. The zero-order valence-electron chi connectivity index (χ0n) is 17.5. The second kappa shape index (κ2) is 10.3. The van der Waals surface area contributed by atoms with Crippen molar-refractivity contribution in [2.24, 2.45) is 0 Å². The van der Waals surface area contributed by atoms with Gasteiger partial charge in [-0.15, -0.1) is 10.2 Å². The van der Waals surface area contributed by atoms with Gasteiger partial charge in [0.15, 0.2) is 10.9 Å². The van der Waals surface area contributed by atoms with Crippen LogP contribution in [0.4, 0.5) is 4.79 Å². The van der Waals surface area contributed by atoms with E-state index in [9.17, 15) is 14.4 Å². The molecule has 1 aromatic carbocycles. The van der Waals surface area contributed by atoms with Crippen molar-refractivity contribution in [1.82, 2.24) is 15.1 Å². The van der Waals surface area contributed by atoms with Crippen LogP contribution in [0.5, 0.6) is 17.4 Å². The predicted molar refractivity (Wildman–Crippen MR) is 112 cm³/mol. The molecule has 1 aliphatic rings. The van der Waals surface area contributed by atoms with Gasteiger partial charge in [0.2, 0.25) is 0 Å². The maximum atomic E-state index is 12.6. The molecule has 1 aliphatic carbocycles. The number of hydrogen-bond donors (Lipinski definition) is 1. The number of carbonyl (C=O) groups is 3. The molecule has 0 unspecified atom stereocenters. The summed E-state index contributed by atoms with van der Waals surface area (Å²) in [6.07, 6.45) is 0.986. The number of benzene rings is 1. The lowest BCUT2D eigenvalue weighted by atomic mass is 10.1. The largest absolute Gasteiger partial charge is 0.480 e. The average Bonchev–Trinajstić information content (AvgIpc) is 3.55. The van der Waals surface area contributed by atoms with E-state index >= 15 is 0 Å². The number of halogens is 1. The first kappa shape index (κ1) is 23.3. The van der Waals surface area contributed by atoms with E-state index in [2.05, 4.69) is 10.2 Å². The number of amides is 1. The Hall–Kier alpha value is -3.40. The number of para-hydroxylation sites is 1. The van der Waals surface area contributed by atoms with Gasteiger partial charge in [-0.3, -0.25) is 14.5 Å². The van der Waals surface area contributed by atoms with E-state index in [1.165, 1.54) is 6.07 Å². The van der Waals surface area contributed by atoms with Crippen LogP contribution in [0.25, 0.3) is 0 Å². The molecule has 1 heterocycles. The van der Waals surface area contributed by atoms with E-state index in [1.807, 2.05) is 25.1 Å². The Morgan fingerprint density at radius 3 is 2.62 bits per heavy atom. The number of aliphatic carboxylic acids is 1. The Labute approximate surface area is 189 Å². The van der Waals surface area contributed by atoms with Gasteiger partial charge >= 0.3 is 18.0 Å². The fraction of sp³-hybridized carbons (Fsp3) is 0.381. The molecule has 170 valence electrons. The van der Waals surface area contributed by atoms with E-state index in [-0.39, 0.29) is 23.4 Å². The lowest BCUT2D eigenvalue weighted by Crippen LogP contribution is -2.41. The third kappa shape index (κ3) is 6.07. The van der Waals surface area contributed by atoms with Crippen molar-refractivity contribution in [1.29, 1.82) is 0 Å². The summed E-state index contributed by atoms with van der Waals surface area (Å²) in [5, 5.41) is 16.7. The molecule has 0 bridgehead atoms. The number of nitrogens with zero attached hydrogens (tertiary/aromatic N) is 3. The predicted octanol–water partition coefficient (Wildman–Crippen LogP) is 3.56. The quantitative estimate of drug-likeness (QED) is 0.555. The fourth-order valence-electron chi connectivity index (χ4n) is 2.98. The highest BCUT2D eigenvalue weighted by molar-refractivity contribution is 6.29. The van der Waals surface area contributed by atoms with Crippen LogP contribution in [-0.2, 0) is 14.3 Å². The summed E-state index contributed by atoms with van der Waals surface area (Å²) in [4.78, 5) is 36.2. The molecule has 1 amide bonds. The van der Waals surface area contributed by atoms with Crippen LogP contribution in [0.15, 0.2) is 24.3 Å². The maximum absolute atomic E-state index is 12.6. The highest BCUT2D eigenvalue weighted by atomic mass is 35.5. The number of hydrogen-bond acceptors (Lipinski definition) is 8. The summed E-state index contributed by atoms with van der Waals surface area (Å²) in [7, 11) is 0. The van der Waals surface area contributed by atoms with Crippen LogP contribution in [0.1, 0.15) is 36.8 Å². The summed E-state index contributed by atoms with van der Waals surface area (Å²) in [6, 6.07) is 7.00. The molecule has 11 heteroatoms. The Kier molecular flexibility index (Phi) is 7.47. The number of carboxylic acids is 1. The van der Waals surface area contributed by atoms with Gasteiger partial charge in [-0.25, -0.2) is 4.79 Å². The summed E-state index contributed by atoms with van der Waals surface area (Å²) >= 11 is 5.91.